The first kappa shape index (κ1) is 22.0. The molecule has 9 heteroatoms. The van der Waals surface area contributed by atoms with Crippen LogP contribution in [0.15, 0.2) is 48.5 Å². The summed E-state index contributed by atoms with van der Waals surface area (Å²) in [6.45, 7) is 1.41. The molecule has 1 fully saturated rings. The Hall–Kier alpha value is -4.19. The van der Waals surface area contributed by atoms with Gasteiger partial charge in [-0.3, -0.25) is 19.7 Å². The Bertz CT molecular complexity index is 1220. The fourth-order valence-corrected chi connectivity index (χ4v) is 5.03. The average molecular weight is 447 g/mol. The number of Topliss-reactive ketones (excluding diaryl/α,β-unsaturated/α-hetero) is 1. The normalized spacial score (nSPS) is 24.9. The summed E-state index contributed by atoms with van der Waals surface area (Å²) in [5.41, 5.74) is 0.0294. The maximum atomic E-state index is 13.2. The first-order valence-electron chi connectivity index (χ1n) is 10.2. The molecule has 0 amide bonds. The first-order valence-corrected chi connectivity index (χ1v) is 10.2. The molecular formula is C24H21N3O6. The highest BCUT2D eigenvalue weighted by Crippen LogP contribution is 2.56. The molecule has 0 aliphatic carbocycles. The molecule has 1 saturated heterocycles. The zero-order chi connectivity index (χ0) is 23.9. The van der Waals surface area contributed by atoms with Crippen LogP contribution in [0.5, 0.6) is 5.75 Å². The van der Waals surface area contributed by atoms with Crippen molar-refractivity contribution in [2.24, 2.45) is 5.41 Å². The number of ketones is 1. The van der Waals surface area contributed by atoms with Crippen molar-refractivity contribution < 1.29 is 24.0 Å². The van der Waals surface area contributed by atoms with Gasteiger partial charge in [0.25, 0.3) is 5.69 Å². The monoisotopic (exact) mass is 447 g/mol. The number of nitro groups is 1. The average Bonchev–Trinajstić information content (AvgIpc) is 3.14. The van der Waals surface area contributed by atoms with Crippen LogP contribution in [-0.2, 0) is 14.3 Å². The molecule has 0 unspecified atom stereocenters. The van der Waals surface area contributed by atoms with Crippen molar-refractivity contribution >= 4 is 29.2 Å². The SMILES string of the molecule is COC(=O)[C@]1(C#N)[C@H](c2ccc([N+](=O)[O-])cc2)[C@@H](C(C)=O)N2c3ccc(OC)cc3C=C[C@H]21. The first-order chi connectivity index (χ1) is 15.8. The van der Waals surface area contributed by atoms with Gasteiger partial charge in [-0.05, 0) is 30.7 Å². The molecule has 2 aliphatic rings. The number of hydrogen-bond donors (Lipinski definition) is 0. The zero-order valence-corrected chi connectivity index (χ0v) is 18.2. The van der Waals surface area contributed by atoms with E-state index in [0.29, 0.717) is 17.0 Å². The van der Waals surface area contributed by atoms with Gasteiger partial charge in [0.05, 0.1) is 37.3 Å². The smallest absolute Gasteiger partial charge is 0.329 e. The zero-order valence-electron chi connectivity index (χ0n) is 18.2. The van der Waals surface area contributed by atoms with Gasteiger partial charge in [0, 0.05) is 29.3 Å². The molecule has 0 bridgehead atoms. The maximum absolute atomic E-state index is 13.2. The molecular weight excluding hydrogens is 426 g/mol. The van der Waals surface area contributed by atoms with Crippen molar-refractivity contribution in [1.82, 2.24) is 0 Å². The number of benzene rings is 2. The number of ether oxygens (including phenoxy) is 2. The van der Waals surface area contributed by atoms with Crippen LogP contribution in [0.25, 0.3) is 6.08 Å². The van der Waals surface area contributed by atoms with Crippen LogP contribution in [0, 0.1) is 26.9 Å². The van der Waals surface area contributed by atoms with Gasteiger partial charge < -0.3 is 14.4 Å². The van der Waals surface area contributed by atoms with Crippen molar-refractivity contribution in [3.8, 4) is 11.8 Å². The van der Waals surface area contributed by atoms with Crippen molar-refractivity contribution in [2.75, 3.05) is 19.1 Å². The molecule has 4 atom stereocenters. The molecule has 2 aromatic rings. The number of rotatable bonds is 5. The van der Waals surface area contributed by atoms with E-state index in [1.807, 2.05) is 6.07 Å². The molecule has 0 saturated carbocycles. The standard InChI is InChI=1S/C24H21N3O6/c1-14(28)22-21(15-4-7-17(8-5-15)27(30)31)24(13-25,23(29)33-3)20-11-6-16-12-18(32-2)9-10-19(16)26(20)22/h4-12,20-22H,1-3H3/t20-,21+,22+,24-/m0/s1. The van der Waals surface area contributed by atoms with E-state index in [9.17, 15) is 25.0 Å². The predicted molar refractivity (Wildman–Crippen MR) is 119 cm³/mol. The van der Waals surface area contributed by atoms with Crippen molar-refractivity contribution in [1.29, 1.82) is 5.26 Å². The lowest BCUT2D eigenvalue weighted by atomic mass is 9.68. The summed E-state index contributed by atoms with van der Waals surface area (Å²) in [7, 11) is 2.75. The van der Waals surface area contributed by atoms with Crippen molar-refractivity contribution in [2.45, 2.75) is 24.9 Å². The Balaban J connectivity index is 1.98. The predicted octanol–water partition coefficient (Wildman–Crippen LogP) is 3.24. The van der Waals surface area contributed by atoms with Crippen LogP contribution in [-0.4, -0.2) is 43.0 Å². The fraction of sp³-hybridized carbons (Fsp3) is 0.292. The maximum Gasteiger partial charge on any atom is 0.329 e. The van der Waals surface area contributed by atoms with Gasteiger partial charge in [-0.2, -0.15) is 5.26 Å². The molecule has 0 radical (unpaired) electrons. The number of carbonyl (C=O) groups excluding carboxylic acids is 2. The molecule has 168 valence electrons. The van der Waals surface area contributed by atoms with Gasteiger partial charge >= 0.3 is 5.97 Å². The number of methoxy groups -OCH3 is 2. The minimum absolute atomic E-state index is 0.133. The second kappa shape index (κ2) is 8.06. The van der Waals surface area contributed by atoms with Crippen LogP contribution >= 0.6 is 0 Å². The Labute approximate surface area is 190 Å². The molecule has 0 spiro atoms. The van der Waals surface area contributed by atoms with Gasteiger partial charge in [-0.25, -0.2) is 0 Å². The number of fused-ring (bicyclic) bond motifs is 3. The highest BCUT2D eigenvalue weighted by molar-refractivity contribution is 5.96. The van der Waals surface area contributed by atoms with E-state index >= 15 is 0 Å². The third kappa shape index (κ3) is 3.14. The number of carbonyl (C=O) groups is 2. The van der Waals surface area contributed by atoms with Crippen molar-refractivity contribution in [3.63, 3.8) is 0 Å². The third-order valence-corrected chi connectivity index (χ3v) is 6.43. The number of anilines is 1. The fourth-order valence-electron chi connectivity index (χ4n) is 5.03. The summed E-state index contributed by atoms with van der Waals surface area (Å²) in [6, 6.07) is 11.4. The number of nitrogens with zero attached hydrogens (tertiary/aromatic N) is 3. The summed E-state index contributed by atoms with van der Waals surface area (Å²) in [6.07, 6.45) is 3.52. The minimum atomic E-state index is -1.75. The topological polar surface area (TPSA) is 123 Å². The summed E-state index contributed by atoms with van der Waals surface area (Å²) in [5.74, 6) is -1.31. The van der Waals surface area contributed by atoms with E-state index in [1.54, 1.807) is 36.3 Å². The van der Waals surface area contributed by atoms with Gasteiger partial charge in [0.2, 0.25) is 0 Å². The van der Waals surface area contributed by atoms with Crippen molar-refractivity contribution in [3.05, 3.63) is 69.8 Å². The second-order valence-corrected chi connectivity index (χ2v) is 7.99. The lowest BCUT2D eigenvalue weighted by Crippen LogP contribution is -2.46. The highest BCUT2D eigenvalue weighted by atomic mass is 16.6. The number of nitro benzene ring substituents is 1. The lowest BCUT2D eigenvalue weighted by molar-refractivity contribution is -0.384. The van der Waals surface area contributed by atoms with Gasteiger partial charge in [-0.1, -0.05) is 24.3 Å². The van der Waals surface area contributed by atoms with Crippen LogP contribution in [0.3, 0.4) is 0 Å². The van der Waals surface area contributed by atoms with E-state index in [2.05, 4.69) is 6.07 Å². The number of esters is 1. The molecule has 2 heterocycles. The number of hydrogen-bond acceptors (Lipinski definition) is 8. The Morgan fingerprint density at radius 1 is 1.18 bits per heavy atom. The minimum Gasteiger partial charge on any atom is -0.497 e. The molecule has 4 rings (SSSR count). The van der Waals surface area contributed by atoms with E-state index in [1.165, 1.54) is 38.3 Å². The molecule has 9 nitrogen and oxygen atoms in total. The number of non-ortho nitro benzene ring substituents is 1. The molecule has 33 heavy (non-hydrogen) atoms. The van der Waals surface area contributed by atoms with Crippen LogP contribution in [0.4, 0.5) is 11.4 Å². The summed E-state index contributed by atoms with van der Waals surface area (Å²) < 4.78 is 10.4. The van der Waals surface area contributed by atoms with E-state index in [4.69, 9.17) is 9.47 Å². The second-order valence-electron chi connectivity index (χ2n) is 7.99. The largest absolute Gasteiger partial charge is 0.497 e. The summed E-state index contributed by atoms with van der Waals surface area (Å²) in [5, 5.41) is 21.5. The summed E-state index contributed by atoms with van der Waals surface area (Å²) in [4.78, 5) is 38.6. The summed E-state index contributed by atoms with van der Waals surface area (Å²) >= 11 is 0. The number of nitriles is 1. The highest BCUT2D eigenvalue weighted by Gasteiger charge is 2.66. The van der Waals surface area contributed by atoms with Gasteiger partial charge in [0.1, 0.15) is 5.75 Å². The molecule has 0 aromatic heterocycles. The van der Waals surface area contributed by atoms with Gasteiger partial charge in [0.15, 0.2) is 11.2 Å². The molecule has 0 N–H and O–H groups in total. The molecule has 2 aliphatic heterocycles. The lowest BCUT2D eigenvalue weighted by Gasteiger charge is -2.36. The Morgan fingerprint density at radius 2 is 1.88 bits per heavy atom. The Kier molecular flexibility index (Phi) is 5.38. The third-order valence-electron chi connectivity index (χ3n) is 6.43. The quantitative estimate of drug-likeness (QED) is 0.389. The molecule has 2 aromatic carbocycles. The van der Waals surface area contributed by atoms with Crippen LogP contribution < -0.4 is 9.64 Å². The Morgan fingerprint density at radius 3 is 2.42 bits per heavy atom. The van der Waals surface area contributed by atoms with E-state index < -0.39 is 34.3 Å². The van der Waals surface area contributed by atoms with Crippen LogP contribution in [0.2, 0.25) is 0 Å². The van der Waals surface area contributed by atoms with Gasteiger partial charge in [-0.15, -0.1) is 0 Å². The van der Waals surface area contributed by atoms with E-state index in [0.717, 1.165) is 5.56 Å². The van der Waals surface area contributed by atoms with E-state index in [-0.39, 0.29) is 11.5 Å². The van der Waals surface area contributed by atoms with Crippen LogP contribution in [0.1, 0.15) is 24.0 Å².